The quantitative estimate of drug-likeness (QED) is 0.769. The number of hydrogen-bond donors (Lipinski definition) is 2. The Kier molecular flexibility index (Phi) is 3.54. The summed E-state index contributed by atoms with van der Waals surface area (Å²) in [6, 6.07) is 12.9. The lowest BCUT2D eigenvalue weighted by molar-refractivity contribution is 0.881. The van der Waals surface area contributed by atoms with Crippen LogP contribution in [0, 0.1) is 0 Å². The zero-order chi connectivity index (χ0) is 13.9. The second kappa shape index (κ2) is 5.48. The summed E-state index contributed by atoms with van der Waals surface area (Å²) in [5.74, 6) is 0.497. The van der Waals surface area contributed by atoms with Gasteiger partial charge in [-0.2, -0.15) is 5.21 Å². The van der Waals surface area contributed by atoms with Crippen molar-refractivity contribution in [1.29, 1.82) is 0 Å². The Morgan fingerprint density at radius 3 is 2.40 bits per heavy atom. The van der Waals surface area contributed by atoms with Crippen LogP contribution in [-0.4, -0.2) is 20.6 Å². The molecular weight excluding hydrogens is 297 g/mol. The van der Waals surface area contributed by atoms with Crippen molar-refractivity contribution >= 4 is 34.6 Å². The Hall–Kier alpha value is -2.11. The molecule has 2 N–H and O–H groups in total. The summed E-state index contributed by atoms with van der Waals surface area (Å²) >= 11 is 12.3. The van der Waals surface area contributed by atoms with Crippen molar-refractivity contribution in [3.8, 4) is 11.4 Å². The van der Waals surface area contributed by atoms with Crippen molar-refractivity contribution in [2.75, 3.05) is 5.32 Å². The SMILES string of the molecule is Clc1cccc(Cl)c1Nc1ccccc1-c1nn[nH]n1. The van der Waals surface area contributed by atoms with E-state index in [1.54, 1.807) is 18.2 Å². The molecule has 5 nitrogen and oxygen atoms in total. The first-order chi connectivity index (χ1) is 9.75. The molecule has 100 valence electrons. The fourth-order valence-corrected chi connectivity index (χ4v) is 2.31. The number of para-hydroxylation sites is 2. The highest BCUT2D eigenvalue weighted by atomic mass is 35.5. The molecule has 0 saturated carbocycles. The Balaban J connectivity index is 2.04. The molecule has 0 aliphatic heterocycles. The Morgan fingerprint density at radius 2 is 1.70 bits per heavy atom. The van der Waals surface area contributed by atoms with E-state index in [-0.39, 0.29) is 0 Å². The zero-order valence-corrected chi connectivity index (χ0v) is 11.7. The molecule has 0 fully saturated rings. The smallest absolute Gasteiger partial charge is 0.206 e. The van der Waals surface area contributed by atoms with Gasteiger partial charge in [0.2, 0.25) is 5.82 Å². The number of H-pyrrole nitrogens is 1. The lowest BCUT2D eigenvalue weighted by atomic mass is 10.1. The summed E-state index contributed by atoms with van der Waals surface area (Å²) in [5.41, 5.74) is 2.24. The molecular formula is C13H9Cl2N5. The fourth-order valence-electron chi connectivity index (χ4n) is 1.81. The lowest BCUT2D eigenvalue weighted by Gasteiger charge is -2.12. The van der Waals surface area contributed by atoms with E-state index in [0.29, 0.717) is 21.6 Å². The second-order valence-electron chi connectivity index (χ2n) is 4.00. The first-order valence-corrected chi connectivity index (χ1v) is 6.55. The molecule has 3 rings (SSSR count). The molecule has 0 saturated heterocycles. The van der Waals surface area contributed by atoms with Crippen LogP contribution in [0.25, 0.3) is 11.4 Å². The highest BCUT2D eigenvalue weighted by Crippen LogP contribution is 2.35. The third-order valence-electron chi connectivity index (χ3n) is 2.74. The van der Waals surface area contributed by atoms with Gasteiger partial charge in [-0.15, -0.1) is 10.2 Å². The average Bonchev–Trinajstić information content (AvgIpc) is 2.97. The van der Waals surface area contributed by atoms with Crippen LogP contribution in [0.2, 0.25) is 10.0 Å². The number of hydrogen-bond acceptors (Lipinski definition) is 4. The van der Waals surface area contributed by atoms with E-state index in [2.05, 4.69) is 25.9 Å². The van der Waals surface area contributed by atoms with Crippen LogP contribution in [0.3, 0.4) is 0 Å². The molecule has 1 heterocycles. The van der Waals surface area contributed by atoms with Crippen molar-refractivity contribution in [1.82, 2.24) is 20.6 Å². The van der Waals surface area contributed by atoms with E-state index < -0.39 is 0 Å². The molecule has 0 bridgehead atoms. The minimum Gasteiger partial charge on any atom is -0.352 e. The number of nitrogens with zero attached hydrogens (tertiary/aromatic N) is 3. The number of rotatable bonds is 3. The molecule has 20 heavy (non-hydrogen) atoms. The van der Waals surface area contributed by atoms with Gasteiger partial charge in [0.1, 0.15) is 0 Å². The number of halogens is 2. The van der Waals surface area contributed by atoms with Gasteiger partial charge in [-0.1, -0.05) is 41.4 Å². The number of aromatic nitrogens is 4. The lowest BCUT2D eigenvalue weighted by Crippen LogP contribution is -1.95. The van der Waals surface area contributed by atoms with E-state index >= 15 is 0 Å². The Morgan fingerprint density at radius 1 is 0.950 bits per heavy atom. The first kappa shape index (κ1) is 12.9. The number of benzene rings is 2. The zero-order valence-electron chi connectivity index (χ0n) is 10.1. The van der Waals surface area contributed by atoms with Gasteiger partial charge in [0, 0.05) is 11.3 Å². The van der Waals surface area contributed by atoms with Gasteiger partial charge in [0.05, 0.1) is 15.7 Å². The molecule has 0 spiro atoms. The van der Waals surface area contributed by atoms with Gasteiger partial charge in [-0.25, -0.2) is 0 Å². The van der Waals surface area contributed by atoms with E-state index in [1.165, 1.54) is 0 Å². The maximum atomic E-state index is 6.16. The average molecular weight is 306 g/mol. The predicted octanol–water partition coefficient (Wildman–Crippen LogP) is 3.92. The molecule has 2 aromatic carbocycles. The van der Waals surface area contributed by atoms with E-state index in [9.17, 15) is 0 Å². The van der Waals surface area contributed by atoms with Gasteiger partial charge < -0.3 is 5.32 Å². The summed E-state index contributed by atoms with van der Waals surface area (Å²) in [7, 11) is 0. The largest absolute Gasteiger partial charge is 0.352 e. The van der Waals surface area contributed by atoms with Crippen LogP contribution in [0.5, 0.6) is 0 Å². The maximum Gasteiger partial charge on any atom is 0.206 e. The van der Waals surface area contributed by atoms with Crippen molar-refractivity contribution in [3.63, 3.8) is 0 Å². The van der Waals surface area contributed by atoms with Gasteiger partial charge >= 0.3 is 0 Å². The minimum absolute atomic E-state index is 0.497. The van der Waals surface area contributed by atoms with Crippen LogP contribution < -0.4 is 5.32 Å². The summed E-state index contributed by atoms with van der Waals surface area (Å²) in [6.45, 7) is 0. The molecule has 7 heteroatoms. The van der Waals surface area contributed by atoms with Gasteiger partial charge in [0.25, 0.3) is 0 Å². The van der Waals surface area contributed by atoms with Crippen molar-refractivity contribution in [2.45, 2.75) is 0 Å². The normalized spacial score (nSPS) is 10.5. The van der Waals surface area contributed by atoms with Crippen LogP contribution in [-0.2, 0) is 0 Å². The van der Waals surface area contributed by atoms with Gasteiger partial charge in [0.15, 0.2) is 0 Å². The molecule has 0 aliphatic carbocycles. The predicted molar refractivity (Wildman–Crippen MR) is 79.4 cm³/mol. The van der Waals surface area contributed by atoms with Gasteiger partial charge in [-0.05, 0) is 29.5 Å². The molecule has 1 aromatic heterocycles. The van der Waals surface area contributed by atoms with E-state index in [0.717, 1.165) is 11.3 Å². The molecule has 0 atom stereocenters. The van der Waals surface area contributed by atoms with Crippen molar-refractivity contribution < 1.29 is 0 Å². The van der Waals surface area contributed by atoms with Crippen molar-refractivity contribution in [2.24, 2.45) is 0 Å². The first-order valence-electron chi connectivity index (χ1n) is 5.79. The number of tetrazole rings is 1. The Bertz CT molecular complexity index is 707. The third kappa shape index (κ3) is 2.45. The van der Waals surface area contributed by atoms with Crippen LogP contribution in [0.15, 0.2) is 42.5 Å². The maximum absolute atomic E-state index is 6.16. The molecule has 0 unspecified atom stereocenters. The van der Waals surface area contributed by atoms with Crippen LogP contribution in [0.1, 0.15) is 0 Å². The number of anilines is 2. The summed E-state index contributed by atoms with van der Waals surface area (Å²) in [5, 5.41) is 18.3. The standard InChI is InChI=1S/C13H9Cl2N5/c14-9-5-3-6-10(15)12(9)16-11-7-2-1-4-8(11)13-17-19-20-18-13/h1-7,16H,(H,17,18,19,20). The molecule has 3 aromatic rings. The second-order valence-corrected chi connectivity index (χ2v) is 4.82. The molecule has 0 radical (unpaired) electrons. The highest BCUT2D eigenvalue weighted by molar-refractivity contribution is 6.39. The van der Waals surface area contributed by atoms with Crippen molar-refractivity contribution in [3.05, 3.63) is 52.5 Å². The number of aromatic amines is 1. The van der Waals surface area contributed by atoms with E-state index in [1.807, 2.05) is 24.3 Å². The van der Waals surface area contributed by atoms with E-state index in [4.69, 9.17) is 23.2 Å². The molecule has 0 aliphatic rings. The summed E-state index contributed by atoms with van der Waals surface area (Å²) in [6.07, 6.45) is 0. The van der Waals surface area contributed by atoms with Crippen LogP contribution in [0.4, 0.5) is 11.4 Å². The monoisotopic (exact) mass is 305 g/mol. The highest BCUT2D eigenvalue weighted by Gasteiger charge is 2.11. The summed E-state index contributed by atoms with van der Waals surface area (Å²) < 4.78 is 0. The fraction of sp³-hybridized carbons (Fsp3) is 0. The van der Waals surface area contributed by atoms with Gasteiger partial charge in [-0.3, -0.25) is 0 Å². The molecule has 0 amide bonds. The summed E-state index contributed by atoms with van der Waals surface area (Å²) in [4.78, 5) is 0. The topological polar surface area (TPSA) is 66.5 Å². The number of nitrogens with one attached hydrogen (secondary N) is 2. The Labute approximate surface area is 124 Å². The van der Waals surface area contributed by atoms with Crippen LogP contribution >= 0.6 is 23.2 Å². The third-order valence-corrected chi connectivity index (χ3v) is 3.37. The minimum atomic E-state index is 0.497.